The van der Waals surface area contributed by atoms with Crippen molar-refractivity contribution in [2.75, 3.05) is 0 Å². The molecule has 1 aromatic rings. The number of benzene rings is 1. The van der Waals surface area contributed by atoms with E-state index in [1.165, 1.54) is 50.5 Å². The second-order valence-electron chi connectivity index (χ2n) is 6.77. The highest BCUT2D eigenvalue weighted by molar-refractivity contribution is 5.28. The minimum atomic E-state index is 0.239. The lowest BCUT2D eigenvalue weighted by atomic mass is 9.64. The largest absolute Gasteiger partial charge is 0.271 e. The Bertz CT molecular complexity index is 380. The second kappa shape index (κ2) is 7.24. The Morgan fingerprint density at radius 1 is 1.05 bits per heavy atom. The van der Waals surface area contributed by atoms with Gasteiger partial charge in [-0.2, -0.15) is 0 Å². The second-order valence-corrected chi connectivity index (χ2v) is 6.77. The van der Waals surface area contributed by atoms with E-state index in [1.807, 2.05) is 0 Å². The van der Waals surface area contributed by atoms with E-state index >= 15 is 0 Å². The summed E-state index contributed by atoms with van der Waals surface area (Å²) in [6.45, 7) is 4.59. The molecule has 112 valence electrons. The molecule has 0 aromatic heterocycles. The zero-order chi connectivity index (χ0) is 14.4. The van der Waals surface area contributed by atoms with E-state index in [0.717, 1.165) is 5.92 Å². The molecule has 1 unspecified atom stereocenters. The minimum absolute atomic E-state index is 0.239. The normalized spacial score (nSPS) is 20.0. The molecule has 2 heteroatoms. The fourth-order valence-corrected chi connectivity index (χ4v) is 3.81. The molecule has 1 atom stereocenters. The maximum absolute atomic E-state index is 5.96. The van der Waals surface area contributed by atoms with Gasteiger partial charge in [0.1, 0.15) is 0 Å². The van der Waals surface area contributed by atoms with Crippen molar-refractivity contribution in [3.05, 3.63) is 35.9 Å². The highest BCUT2D eigenvalue weighted by Gasteiger charge is 2.40. The summed E-state index contributed by atoms with van der Waals surface area (Å²) in [5, 5.41) is 0. The summed E-state index contributed by atoms with van der Waals surface area (Å²) >= 11 is 0. The van der Waals surface area contributed by atoms with Gasteiger partial charge in [0, 0.05) is 11.5 Å². The summed E-state index contributed by atoms with van der Waals surface area (Å²) in [6.07, 6.45) is 8.97. The van der Waals surface area contributed by atoms with E-state index in [-0.39, 0.29) is 5.41 Å². The van der Waals surface area contributed by atoms with Gasteiger partial charge in [0.2, 0.25) is 0 Å². The van der Waals surface area contributed by atoms with E-state index < -0.39 is 0 Å². The van der Waals surface area contributed by atoms with Crippen molar-refractivity contribution in [1.82, 2.24) is 5.43 Å². The van der Waals surface area contributed by atoms with Gasteiger partial charge in [-0.15, -0.1) is 0 Å². The Kier molecular flexibility index (Phi) is 5.62. The van der Waals surface area contributed by atoms with Crippen molar-refractivity contribution < 1.29 is 0 Å². The third-order valence-corrected chi connectivity index (χ3v) is 5.00. The summed E-state index contributed by atoms with van der Waals surface area (Å²) in [6, 6.07) is 11.4. The van der Waals surface area contributed by atoms with Crippen LogP contribution in [0.1, 0.15) is 64.4 Å². The molecule has 0 bridgehead atoms. The Morgan fingerprint density at radius 3 is 2.25 bits per heavy atom. The van der Waals surface area contributed by atoms with E-state index in [0.29, 0.717) is 6.04 Å². The van der Waals surface area contributed by atoms with E-state index in [9.17, 15) is 0 Å². The third kappa shape index (κ3) is 3.42. The predicted molar refractivity (Wildman–Crippen MR) is 86.4 cm³/mol. The molecule has 20 heavy (non-hydrogen) atoms. The van der Waals surface area contributed by atoms with Crippen LogP contribution in [-0.2, 0) is 5.41 Å². The van der Waals surface area contributed by atoms with Crippen LogP contribution >= 0.6 is 0 Å². The molecule has 0 aliphatic heterocycles. The first-order chi connectivity index (χ1) is 9.69. The molecule has 0 radical (unpaired) electrons. The number of hydrogen-bond donors (Lipinski definition) is 2. The Labute approximate surface area is 124 Å². The van der Waals surface area contributed by atoms with Crippen molar-refractivity contribution in [3.8, 4) is 0 Å². The zero-order valence-electron chi connectivity index (χ0n) is 13.1. The van der Waals surface area contributed by atoms with Crippen molar-refractivity contribution in [2.24, 2.45) is 11.8 Å². The average molecular weight is 274 g/mol. The van der Waals surface area contributed by atoms with E-state index in [1.54, 1.807) is 0 Å². The first kappa shape index (κ1) is 15.5. The SMILES string of the molecule is CC(C)CCC(NN)C1(c2ccccc2)CCCCC1. The van der Waals surface area contributed by atoms with Gasteiger partial charge >= 0.3 is 0 Å². The minimum Gasteiger partial charge on any atom is -0.271 e. The summed E-state index contributed by atoms with van der Waals surface area (Å²) in [7, 11) is 0. The lowest BCUT2D eigenvalue weighted by Crippen LogP contribution is -2.52. The highest BCUT2D eigenvalue weighted by Crippen LogP contribution is 2.43. The molecule has 2 rings (SSSR count). The lowest BCUT2D eigenvalue weighted by Gasteiger charge is -2.44. The fourth-order valence-electron chi connectivity index (χ4n) is 3.81. The quantitative estimate of drug-likeness (QED) is 0.604. The smallest absolute Gasteiger partial charge is 0.0307 e. The van der Waals surface area contributed by atoms with Crippen molar-refractivity contribution in [1.29, 1.82) is 0 Å². The molecular weight excluding hydrogens is 244 g/mol. The maximum Gasteiger partial charge on any atom is 0.0307 e. The molecule has 0 amide bonds. The van der Waals surface area contributed by atoms with Crippen LogP contribution in [0.5, 0.6) is 0 Å². The molecule has 3 N–H and O–H groups in total. The fraction of sp³-hybridized carbons (Fsp3) is 0.667. The van der Waals surface area contributed by atoms with Crippen LogP contribution in [0, 0.1) is 5.92 Å². The molecule has 2 nitrogen and oxygen atoms in total. The first-order valence-electron chi connectivity index (χ1n) is 8.21. The molecule has 0 spiro atoms. The molecule has 1 aliphatic carbocycles. The van der Waals surface area contributed by atoms with E-state index in [4.69, 9.17) is 5.84 Å². The van der Waals surface area contributed by atoms with Crippen LogP contribution in [-0.4, -0.2) is 6.04 Å². The van der Waals surface area contributed by atoms with Gasteiger partial charge in [0.05, 0.1) is 0 Å². The molecule has 1 fully saturated rings. The van der Waals surface area contributed by atoms with Gasteiger partial charge in [-0.05, 0) is 37.2 Å². The standard InChI is InChI=1S/C18H30N2/c1-15(2)11-12-17(20-19)18(13-7-4-8-14-18)16-9-5-3-6-10-16/h3,5-6,9-10,15,17,20H,4,7-8,11-14,19H2,1-2H3. The van der Waals surface area contributed by atoms with Crippen molar-refractivity contribution in [3.63, 3.8) is 0 Å². The Balaban J connectivity index is 2.25. The van der Waals surface area contributed by atoms with Crippen LogP contribution in [0.3, 0.4) is 0 Å². The van der Waals surface area contributed by atoms with Crippen LogP contribution in [0.2, 0.25) is 0 Å². The van der Waals surface area contributed by atoms with Gasteiger partial charge in [-0.3, -0.25) is 11.3 Å². The predicted octanol–water partition coefficient (Wildman–Crippen LogP) is 4.16. The molecule has 1 aromatic carbocycles. The number of nitrogens with one attached hydrogen (secondary N) is 1. The number of hydrazine groups is 1. The number of hydrogen-bond acceptors (Lipinski definition) is 2. The van der Waals surface area contributed by atoms with E-state index in [2.05, 4.69) is 49.6 Å². The molecule has 1 saturated carbocycles. The van der Waals surface area contributed by atoms with Crippen LogP contribution in [0.4, 0.5) is 0 Å². The van der Waals surface area contributed by atoms with Crippen LogP contribution in [0.25, 0.3) is 0 Å². The third-order valence-electron chi connectivity index (χ3n) is 5.00. The first-order valence-corrected chi connectivity index (χ1v) is 8.21. The molecular formula is C18H30N2. The number of nitrogens with two attached hydrogens (primary N) is 1. The van der Waals surface area contributed by atoms with Gasteiger partial charge in [-0.25, -0.2) is 0 Å². The average Bonchev–Trinajstić information content (AvgIpc) is 2.49. The molecule has 0 saturated heterocycles. The monoisotopic (exact) mass is 274 g/mol. The lowest BCUT2D eigenvalue weighted by molar-refractivity contribution is 0.198. The highest BCUT2D eigenvalue weighted by atomic mass is 15.2. The summed E-state index contributed by atoms with van der Waals surface area (Å²) in [5.41, 5.74) is 4.88. The van der Waals surface area contributed by atoms with Gasteiger partial charge < -0.3 is 0 Å². The van der Waals surface area contributed by atoms with Gasteiger partial charge in [-0.1, -0.05) is 63.4 Å². The Hall–Kier alpha value is -0.860. The van der Waals surface area contributed by atoms with Crippen LogP contribution < -0.4 is 11.3 Å². The summed E-state index contributed by atoms with van der Waals surface area (Å²) in [4.78, 5) is 0. The topological polar surface area (TPSA) is 38.0 Å². The van der Waals surface area contributed by atoms with Gasteiger partial charge in [0.15, 0.2) is 0 Å². The van der Waals surface area contributed by atoms with Crippen molar-refractivity contribution in [2.45, 2.75) is 70.3 Å². The molecule has 0 heterocycles. The molecule has 1 aliphatic rings. The summed E-state index contributed by atoms with van der Waals surface area (Å²) in [5.74, 6) is 6.70. The van der Waals surface area contributed by atoms with Crippen LogP contribution in [0.15, 0.2) is 30.3 Å². The Morgan fingerprint density at radius 2 is 1.70 bits per heavy atom. The number of rotatable bonds is 6. The maximum atomic E-state index is 5.96. The van der Waals surface area contributed by atoms with Gasteiger partial charge in [0.25, 0.3) is 0 Å². The van der Waals surface area contributed by atoms with Crippen molar-refractivity contribution >= 4 is 0 Å². The summed E-state index contributed by atoms with van der Waals surface area (Å²) < 4.78 is 0. The zero-order valence-corrected chi connectivity index (χ0v) is 13.1.